The average molecular weight is 556 g/mol. The molecule has 0 spiro atoms. The Morgan fingerprint density at radius 2 is 1.58 bits per heavy atom. The molecule has 0 aromatic heterocycles. The summed E-state index contributed by atoms with van der Waals surface area (Å²) in [5, 5.41) is 3.24. The molecule has 2 amide bonds. The van der Waals surface area contributed by atoms with E-state index >= 15 is 0 Å². The van der Waals surface area contributed by atoms with Crippen molar-refractivity contribution in [3.63, 3.8) is 0 Å². The lowest BCUT2D eigenvalue weighted by Crippen LogP contribution is -2.51. The number of benzene rings is 3. The maximum atomic E-state index is 13.9. The second-order valence-corrected chi connectivity index (χ2v) is 11.6. The van der Waals surface area contributed by atoms with Gasteiger partial charge in [0.15, 0.2) is 0 Å². The zero-order chi connectivity index (χ0) is 27.9. The first-order valence-electron chi connectivity index (χ1n) is 12.5. The number of rotatable bonds is 11. The zero-order valence-corrected chi connectivity index (χ0v) is 23.7. The van der Waals surface area contributed by atoms with Gasteiger partial charge in [-0.15, -0.1) is 0 Å². The van der Waals surface area contributed by atoms with Gasteiger partial charge in [0.05, 0.1) is 10.6 Å². The number of carbonyl (C=O) groups is 2. The van der Waals surface area contributed by atoms with Crippen molar-refractivity contribution >= 4 is 39.1 Å². The molecule has 0 radical (unpaired) electrons. The van der Waals surface area contributed by atoms with Crippen molar-refractivity contribution < 1.29 is 18.0 Å². The molecule has 0 fully saturated rings. The first-order chi connectivity index (χ1) is 18.0. The smallest absolute Gasteiger partial charge is 0.264 e. The molecule has 1 N–H and O–H groups in total. The van der Waals surface area contributed by atoms with Crippen LogP contribution >= 0.6 is 11.6 Å². The molecular formula is C29H34ClN3O4S. The molecule has 0 heterocycles. The number of nitrogens with zero attached hydrogens (tertiary/aromatic N) is 2. The van der Waals surface area contributed by atoms with Crippen LogP contribution in [-0.4, -0.2) is 44.3 Å². The number of anilines is 1. The molecule has 0 bridgehead atoms. The fourth-order valence-electron chi connectivity index (χ4n) is 4.03. The van der Waals surface area contributed by atoms with Crippen LogP contribution in [0.5, 0.6) is 0 Å². The normalized spacial score (nSPS) is 12.0. The molecule has 3 rings (SSSR count). The summed E-state index contributed by atoms with van der Waals surface area (Å²) in [4.78, 5) is 28.2. The van der Waals surface area contributed by atoms with Crippen LogP contribution in [0, 0.1) is 13.8 Å². The summed E-state index contributed by atoms with van der Waals surface area (Å²) in [6, 6.07) is 19.6. The Kier molecular flexibility index (Phi) is 9.94. The number of amides is 2. The standard InChI is InChI=1S/C29H34ClN3O4S/c1-5-16-31-29(35)23(4)32(19-24-10-6-8-21(2)17-24)28(34)20-33(26-11-7-9-22(3)18-26)38(36,37)27-14-12-25(30)13-15-27/h6-15,17-18,23H,5,16,19-20H2,1-4H3,(H,31,35)/t23-/m0/s1. The third-order valence-electron chi connectivity index (χ3n) is 6.12. The van der Waals surface area contributed by atoms with Gasteiger partial charge in [-0.3, -0.25) is 13.9 Å². The average Bonchev–Trinajstić information content (AvgIpc) is 2.88. The van der Waals surface area contributed by atoms with Crippen molar-refractivity contribution in [3.8, 4) is 0 Å². The fraction of sp³-hybridized carbons (Fsp3) is 0.310. The van der Waals surface area contributed by atoms with Crippen LogP contribution < -0.4 is 9.62 Å². The fourth-order valence-corrected chi connectivity index (χ4v) is 5.56. The van der Waals surface area contributed by atoms with E-state index in [1.807, 2.05) is 51.1 Å². The number of carbonyl (C=O) groups excluding carboxylic acids is 2. The van der Waals surface area contributed by atoms with Crippen molar-refractivity contribution in [2.75, 3.05) is 17.4 Å². The Labute approximate surface area is 230 Å². The predicted octanol–water partition coefficient (Wildman–Crippen LogP) is 5.10. The van der Waals surface area contributed by atoms with Gasteiger partial charge in [0.2, 0.25) is 11.8 Å². The lowest BCUT2D eigenvalue weighted by Gasteiger charge is -2.32. The third kappa shape index (κ3) is 7.36. The predicted molar refractivity (Wildman–Crippen MR) is 152 cm³/mol. The molecule has 0 aliphatic carbocycles. The minimum absolute atomic E-state index is 0.00942. The maximum absolute atomic E-state index is 13.9. The molecule has 3 aromatic carbocycles. The van der Waals surface area contributed by atoms with Crippen LogP contribution in [0.3, 0.4) is 0 Å². The maximum Gasteiger partial charge on any atom is 0.264 e. The van der Waals surface area contributed by atoms with Gasteiger partial charge < -0.3 is 10.2 Å². The molecule has 7 nitrogen and oxygen atoms in total. The van der Waals surface area contributed by atoms with E-state index in [0.29, 0.717) is 17.3 Å². The quantitative estimate of drug-likeness (QED) is 0.357. The Morgan fingerprint density at radius 3 is 2.18 bits per heavy atom. The molecule has 0 unspecified atom stereocenters. The highest BCUT2D eigenvalue weighted by Gasteiger charge is 2.32. The molecule has 202 valence electrons. The molecule has 1 atom stereocenters. The Balaban J connectivity index is 2.02. The lowest BCUT2D eigenvalue weighted by atomic mass is 10.1. The summed E-state index contributed by atoms with van der Waals surface area (Å²) < 4.78 is 28.7. The Morgan fingerprint density at radius 1 is 0.947 bits per heavy atom. The van der Waals surface area contributed by atoms with Crippen molar-refractivity contribution in [2.45, 2.75) is 51.6 Å². The van der Waals surface area contributed by atoms with Crippen molar-refractivity contribution in [1.82, 2.24) is 10.2 Å². The SMILES string of the molecule is CCCNC(=O)[C@H](C)N(Cc1cccc(C)c1)C(=O)CN(c1cccc(C)c1)S(=O)(=O)c1ccc(Cl)cc1. The summed E-state index contributed by atoms with van der Waals surface area (Å²) in [6.07, 6.45) is 0.755. The van der Waals surface area contributed by atoms with E-state index in [0.717, 1.165) is 27.4 Å². The van der Waals surface area contributed by atoms with Gasteiger partial charge in [0.1, 0.15) is 12.6 Å². The molecule has 0 aliphatic heterocycles. The van der Waals surface area contributed by atoms with Gasteiger partial charge in [0.25, 0.3) is 10.0 Å². The molecular weight excluding hydrogens is 522 g/mol. The summed E-state index contributed by atoms with van der Waals surface area (Å²) in [5.41, 5.74) is 3.06. The molecule has 0 saturated carbocycles. The highest BCUT2D eigenvalue weighted by atomic mass is 35.5. The van der Waals surface area contributed by atoms with E-state index in [2.05, 4.69) is 5.32 Å². The first kappa shape index (κ1) is 29.2. The van der Waals surface area contributed by atoms with Crippen LogP contribution in [0.4, 0.5) is 5.69 Å². The zero-order valence-electron chi connectivity index (χ0n) is 22.1. The van der Waals surface area contributed by atoms with Crippen LogP contribution in [0.2, 0.25) is 5.02 Å². The summed E-state index contributed by atoms with van der Waals surface area (Å²) >= 11 is 5.99. The number of hydrogen-bond donors (Lipinski definition) is 1. The molecule has 0 saturated heterocycles. The number of aryl methyl sites for hydroxylation is 2. The van der Waals surface area contributed by atoms with Crippen molar-refractivity contribution in [2.24, 2.45) is 0 Å². The number of nitrogens with one attached hydrogen (secondary N) is 1. The van der Waals surface area contributed by atoms with Crippen LogP contribution in [0.15, 0.2) is 77.7 Å². The van der Waals surface area contributed by atoms with E-state index in [1.54, 1.807) is 25.1 Å². The summed E-state index contributed by atoms with van der Waals surface area (Å²) in [5.74, 6) is -0.791. The number of sulfonamides is 1. The van der Waals surface area contributed by atoms with Gasteiger partial charge in [-0.25, -0.2) is 8.42 Å². The summed E-state index contributed by atoms with van der Waals surface area (Å²) in [7, 11) is -4.13. The second-order valence-electron chi connectivity index (χ2n) is 9.28. The lowest BCUT2D eigenvalue weighted by molar-refractivity contribution is -0.139. The largest absolute Gasteiger partial charge is 0.354 e. The van der Waals surface area contributed by atoms with E-state index < -0.39 is 28.5 Å². The van der Waals surface area contributed by atoms with Gasteiger partial charge in [-0.1, -0.05) is 60.5 Å². The van der Waals surface area contributed by atoms with Crippen molar-refractivity contribution in [1.29, 1.82) is 0 Å². The second kappa shape index (κ2) is 12.9. The van der Waals surface area contributed by atoms with Gasteiger partial charge >= 0.3 is 0 Å². The number of hydrogen-bond acceptors (Lipinski definition) is 4. The highest BCUT2D eigenvalue weighted by molar-refractivity contribution is 7.92. The van der Waals surface area contributed by atoms with Crippen molar-refractivity contribution in [3.05, 3.63) is 94.5 Å². The third-order valence-corrected chi connectivity index (χ3v) is 8.16. The van der Waals surface area contributed by atoms with Gasteiger partial charge in [-0.05, 0) is 74.7 Å². The van der Waals surface area contributed by atoms with Gasteiger partial charge in [-0.2, -0.15) is 0 Å². The first-order valence-corrected chi connectivity index (χ1v) is 14.3. The summed E-state index contributed by atoms with van der Waals surface area (Å²) in [6.45, 7) is 7.56. The molecule has 38 heavy (non-hydrogen) atoms. The monoisotopic (exact) mass is 555 g/mol. The van der Waals surface area contributed by atoms with E-state index in [-0.39, 0.29) is 17.3 Å². The Hall–Kier alpha value is -3.36. The Bertz CT molecular complexity index is 1380. The molecule has 3 aromatic rings. The topological polar surface area (TPSA) is 86.8 Å². The minimum atomic E-state index is -4.13. The molecule has 0 aliphatic rings. The van der Waals surface area contributed by atoms with Crippen LogP contribution in [0.1, 0.15) is 37.0 Å². The van der Waals surface area contributed by atoms with E-state index in [4.69, 9.17) is 11.6 Å². The van der Waals surface area contributed by atoms with Crippen LogP contribution in [-0.2, 0) is 26.2 Å². The van der Waals surface area contributed by atoms with Crippen LogP contribution in [0.25, 0.3) is 0 Å². The number of halogens is 1. The minimum Gasteiger partial charge on any atom is -0.354 e. The highest BCUT2D eigenvalue weighted by Crippen LogP contribution is 2.26. The molecule has 9 heteroatoms. The van der Waals surface area contributed by atoms with E-state index in [9.17, 15) is 18.0 Å². The van der Waals surface area contributed by atoms with Gasteiger partial charge in [0, 0.05) is 18.1 Å². The van der Waals surface area contributed by atoms with E-state index in [1.165, 1.54) is 29.2 Å².